The highest BCUT2D eigenvalue weighted by Crippen LogP contribution is 2.23. The molecule has 0 radical (unpaired) electrons. The Labute approximate surface area is 150 Å². The minimum absolute atomic E-state index is 0.0511. The fourth-order valence-corrected chi connectivity index (χ4v) is 3.81. The lowest BCUT2D eigenvalue weighted by molar-refractivity contribution is 0.0749. The van der Waals surface area contributed by atoms with Gasteiger partial charge in [-0.25, -0.2) is 4.79 Å². The van der Waals surface area contributed by atoms with Gasteiger partial charge in [-0.1, -0.05) is 66.7 Å². The van der Waals surface area contributed by atoms with E-state index in [0.29, 0.717) is 5.39 Å². The topological polar surface area (TPSA) is 60.4 Å². The predicted octanol–water partition coefficient (Wildman–Crippen LogP) is 4.54. The van der Waals surface area contributed by atoms with Crippen molar-refractivity contribution < 1.29 is 17.4 Å². The Kier molecular flexibility index (Phi) is 3.93. The highest BCUT2D eigenvalue weighted by molar-refractivity contribution is 7.87. The van der Waals surface area contributed by atoms with Gasteiger partial charge in [-0.2, -0.15) is 8.42 Å². The number of hydrogen-bond donors (Lipinski definition) is 0. The molecule has 0 fully saturated rings. The smallest absolute Gasteiger partial charge is 0.338 e. The first-order chi connectivity index (χ1) is 12.5. The minimum Gasteiger partial charge on any atom is -0.338 e. The molecular formula is C21H14O4S. The van der Waals surface area contributed by atoms with E-state index in [0.717, 1.165) is 16.2 Å². The third-order valence-corrected chi connectivity index (χ3v) is 5.41. The van der Waals surface area contributed by atoms with Crippen molar-refractivity contribution in [3.05, 3.63) is 90.5 Å². The molecule has 0 heterocycles. The normalized spacial score (nSPS) is 11.5. The fraction of sp³-hybridized carbons (Fsp3) is 0. The van der Waals surface area contributed by atoms with Gasteiger partial charge in [0, 0.05) is 0 Å². The average molecular weight is 362 g/mol. The zero-order valence-corrected chi connectivity index (χ0v) is 14.4. The second-order valence-corrected chi connectivity index (χ2v) is 7.41. The first-order valence-corrected chi connectivity index (χ1v) is 9.41. The minimum atomic E-state index is -4.22. The van der Waals surface area contributed by atoms with Gasteiger partial charge >= 0.3 is 16.1 Å². The molecule has 4 aromatic rings. The highest BCUT2D eigenvalue weighted by atomic mass is 32.2. The fourth-order valence-electron chi connectivity index (χ4n) is 2.92. The maximum absolute atomic E-state index is 12.6. The van der Waals surface area contributed by atoms with Gasteiger partial charge in [0.1, 0.15) is 4.90 Å². The second kappa shape index (κ2) is 6.28. The molecule has 0 aliphatic carbocycles. The third kappa shape index (κ3) is 2.93. The van der Waals surface area contributed by atoms with Crippen LogP contribution in [0.15, 0.2) is 89.8 Å². The van der Waals surface area contributed by atoms with Crippen LogP contribution in [0.25, 0.3) is 21.5 Å². The quantitative estimate of drug-likeness (QED) is 0.502. The van der Waals surface area contributed by atoms with Crippen molar-refractivity contribution in [2.24, 2.45) is 0 Å². The van der Waals surface area contributed by atoms with Crippen LogP contribution >= 0.6 is 0 Å². The summed E-state index contributed by atoms with van der Waals surface area (Å²) in [6.07, 6.45) is 0. The molecule has 4 nitrogen and oxygen atoms in total. The first kappa shape index (κ1) is 16.3. The van der Waals surface area contributed by atoms with Crippen molar-refractivity contribution in [2.45, 2.75) is 4.90 Å². The first-order valence-electron chi connectivity index (χ1n) is 8.00. The van der Waals surface area contributed by atoms with Crippen molar-refractivity contribution in [2.75, 3.05) is 0 Å². The maximum Gasteiger partial charge on any atom is 0.354 e. The van der Waals surface area contributed by atoms with E-state index in [1.807, 2.05) is 36.4 Å². The van der Waals surface area contributed by atoms with Crippen LogP contribution in [0.1, 0.15) is 10.4 Å². The Hall–Kier alpha value is -3.18. The van der Waals surface area contributed by atoms with Crippen LogP contribution in [0.5, 0.6) is 0 Å². The van der Waals surface area contributed by atoms with E-state index in [-0.39, 0.29) is 10.5 Å². The Morgan fingerprint density at radius 3 is 2.15 bits per heavy atom. The summed E-state index contributed by atoms with van der Waals surface area (Å²) in [4.78, 5) is 12.5. The van der Waals surface area contributed by atoms with E-state index in [4.69, 9.17) is 4.18 Å². The predicted molar refractivity (Wildman–Crippen MR) is 100 cm³/mol. The molecule has 0 saturated heterocycles. The van der Waals surface area contributed by atoms with Crippen molar-refractivity contribution >= 4 is 37.6 Å². The standard InChI is InChI=1S/C21H14O4S/c22-21(20-11-5-9-16-7-3-4-10-19(16)20)25-26(23,24)18-13-12-15-6-1-2-8-17(15)14-18/h1-14H. The lowest BCUT2D eigenvalue weighted by Gasteiger charge is -2.08. The monoisotopic (exact) mass is 362 g/mol. The van der Waals surface area contributed by atoms with Crippen molar-refractivity contribution in [3.8, 4) is 0 Å². The second-order valence-electron chi connectivity index (χ2n) is 5.86. The number of fused-ring (bicyclic) bond motifs is 2. The summed E-state index contributed by atoms with van der Waals surface area (Å²) in [7, 11) is -4.22. The summed E-state index contributed by atoms with van der Waals surface area (Å²) in [6, 6.07) is 24.4. The lowest BCUT2D eigenvalue weighted by atomic mass is 10.1. The number of benzene rings is 4. The SMILES string of the molecule is O=C(OS(=O)(=O)c1ccc2ccccc2c1)c1cccc2ccccc12. The zero-order chi connectivity index (χ0) is 18.1. The van der Waals surface area contributed by atoms with Gasteiger partial charge in [-0.05, 0) is 39.7 Å². The van der Waals surface area contributed by atoms with E-state index in [2.05, 4.69) is 0 Å². The Bertz CT molecular complexity index is 1240. The van der Waals surface area contributed by atoms with Crippen LogP contribution in [0, 0.1) is 0 Å². The Balaban J connectivity index is 1.71. The van der Waals surface area contributed by atoms with Crippen LogP contribution in [0.3, 0.4) is 0 Å². The third-order valence-electron chi connectivity index (χ3n) is 4.20. The molecule has 0 bridgehead atoms. The summed E-state index contributed by atoms with van der Waals surface area (Å²) >= 11 is 0. The summed E-state index contributed by atoms with van der Waals surface area (Å²) in [5.74, 6) is -0.894. The largest absolute Gasteiger partial charge is 0.354 e. The summed E-state index contributed by atoms with van der Waals surface area (Å²) in [5.41, 5.74) is 0.215. The molecular weight excluding hydrogens is 348 g/mol. The highest BCUT2D eigenvalue weighted by Gasteiger charge is 2.22. The van der Waals surface area contributed by atoms with Crippen LogP contribution in [0.4, 0.5) is 0 Å². The molecule has 0 saturated carbocycles. The van der Waals surface area contributed by atoms with E-state index < -0.39 is 16.1 Å². The molecule has 128 valence electrons. The van der Waals surface area contributed by atoms with Gasteiger partial charge in [0.25, 0.3) is 0 Å². The summed E-state index contributed by atoms with van der Waals surface area (Å²) < 4.78 is 30.0. The van der Waals surface area contributed by atoms with Crippen LogP contribution in [-0.2, 0) is 14.3 Å². The number of carbonyl (C=O) groups excluding carboxylic acids is 1. The molecule has 0 aliphatic rings. The van der Waals surface area contributed by atoms with Gasteiger partial charge in [-0.15, -0.1) is 0 Å². The molecule has 0 atom stereocenters. The van der Waals surface area contributed by atoms with Crippen LogP contribution in [-0.4, -0.2) is 14.4 Å². The number of carbonyl (C=O) groups is 1. The van der Waals surface area contributed by atoms with Gasteiger partial charge in [0.2, 0.25) is 0 Å². The van der Waals surface area contributed by atoms with E-state index >= 15 is 0 Å². The molecule has 0 unspecified atom stereocenters. The summed E-state index contributed by atoms with van der Waals surface area (Å²) in [6.45, 7) is 0. The Morgan fingerprint density at radius 1 is 0.692 bits per heavy atom. The van der Waals surface area contributed by atoms with E-state index in [9.17, 15) is 13.2 Å². The van der Waals surface area contributed by atoms with Gasteiger partial charge < -0.3 is 4.18 Å². The van der Waals surface area contributed by atoms with Crippen molar-refractivity contribution in [1.29, 1.82) is 0 Å². The van der Waals surface area contributed by atoms with Gasteiger partial charge in [0.05, 0.1) is 5.56 Å². The number of rotatable bonds is 3. The van der Waals surface area contributed by atoms with Crippen molar-refractivity contribution in [1.82, 2.24) is 0 Å². The molecule has 4 aromatic carbocycles. The molecule has 0 spiro atoms. The molecule has 26 heavy (non-hydrogen) atoms. The molecule has 4 rings (SSSR count). The van der Waals surface area contributed by atoms with E-state index in [1.165, 1.54) is 12.1 Å². The average Bonchev–Trinajstić information content (AvgIpc) is 2.66. The van der Waals surface area contributed by atoms with Gasteiger partial charge in [0.15, 0.2) is 0 Å². The van der Waals surface area contributed by atoms with Crippen molar-refractivity contribution in [3.63, 3.8) is 0 Å². The number of hydrogen-bond acceptors (Lipinski definition) is 4. The van der Waals surface area contributed by atoms with Crippen LogP contribution < -0.4 is 0 Å². The Morgan fingerprint density at radius 2 is 1.35 bits per heavy atom. The molecule has 0 aromatic heterocycles. The summed E-state index contributed by atoms with van der Waals surface area (Å²) in [5, 5.41) is 3.15. The van der Waals surface area contributed by atoms with Crippen LogP contribution in [0.2, 0.25) is 0 Å². The molecule has 0 aliphatic heterocycles. The zero-order valence-electron chi connectivity index (χ0n) is 13.6. The van der Waals surface area contributed by atoms with E-state index in [1.54, 1.807) is 36.4 Å². The lowest BCUT2D eigenvalue weighted by Crippen LogP contribution is -2.14. The van der Waals surface area contributed by atoms with Gasteiger partial charge in [-0.3, -0.25) is 0 Å². The molecule has 0 N–H and O–H groups in total. The molecule has 0 amide bonds. The molecule has 5 heteroatoms. The maximum atomic E-state index is 12.6.